The van der Waals surface area contributed by atoms with Crippen molar-refractivity contribution in [2.24, 2.45) is 11.8 Å². The summed E-state index contributed by atoms with van der Waals surface area (Å²) in [5.74, 6) is 1.24. The zero-order valence-electron chi connectivity index (χ0n) is 23.2. The van der Waals surface area contributed by atoms with Crippen LogP contribution in [-0.2, 0) is 14.4 Å². The van der Waals surface area contributed by atoms with Gasteiger partial charge in [0.1, 0.15) is 17.8 Å². The van der Waals surface area contributed by atoms with Crippen LogP contribution >= 0.6 is 0 Å². The standard InChI is InChI=1S/C30H43N5O4/c1-18(31-2)28(36)33-27(19-8-4-3-5-9-19)30(38)35-16-21-14-20-15-24(20)34(21)17-25(35)29(37)32-23-12-13-39-26-11-7-6-10-22(23)26/h6-7,10-11,18-21,23-25,27,31H,3-5,8-9,12-17H2,1-2H3,(H,32,37)(H,33,36)/t18-,20-,21+,23+,24?,25-,27-/m0/s1. The number of piperidine rings is 1. The molecule has 3 N–H and O–H groups in total. The third-order valence-electron chi connectivity index (χ3n) is 9.89. The molecule has 1 aromatic carbocycles. The Labute approximate surface area is 231 Å². The second-order valence-corrected chi connectivity index (χ2v) is 12.3. The molecule has 1 aromatic rings. The number of nitrogens with one attached hydrogen (secondary N) is 3. The van der Waals surface area contributed by atoms with Crippen molar-refractivity contribution in [1.82, 2.24) is 25.8 Å². The molecule has 6 rings (SSSR count). The zero-order chi connectivity index (χ0) is 27.1. The van der Waals surface area contributed by atoms with Crippen molar-refractivity contribution in [3.8, 4) is 5.75 Å². The number of hydrogen-bond donors (Lipinski definition) is 3. The molecule has 212 valence electrons. The van der Waals surface area contributed by atoms with E-state index in [0.717, 1.165) is 43.4 Å². The van der Waals surface area contributed by atoms with Crippen LogP contribution in [0.15, 0.2) is 24.3 Å². The van der Waals surface area contributed by atoms with Gasteiger partial charge in [-0.2, -0.15) is 0 Å². The normalized spacial score (nSPS) is 31.6. The van der Waals surface area contributed by atoms with Crippen molar-refractivity contribution >= 4 is 17.7 Å². The maximum atomic E-state index is 14.4. The summed E-state index contributed by atoms with van der Waals surface area (Å²) in [5.41, 5.74) is 0.987. The monoisotopic (exact) mass is 537 g/mol. The van der Waals surface area contributed by atoms with Crippen molar-refractivity contribution in [2.45, 2.75) is 94.5 Å². The van der Waals surface area contributed by atoms with E-state index in [1.165, 1.54) is 12.8 Å². The Hall–Kier alpha value is -2.65. The molecule has 0 spiro atoms. The summed E-state index contributed by atoms with van der Waals surface area (Å²) in [6.07, 6.45) is 8.14. The van der Waals surface area contributed by atoms with E-state index in [1.54, 1.807) is 7.05 Å². The summed E-state index contributed by atoms with van der Waals surface area (Å²) in [4.78, 5) is 45.7. The van der Waals surface area contributed by atoms with Gasteiger partial charge in [0.25, 0.3) is 0 Å². The number of para-hydroxylation sites is 1. The molecule has 9 nitrogen and oxygen atoms in total. The average Bonchev–Trinajstić information content (AvgIpc) is 3.65. The Morgan fingerprint density at radius 1 is 1.03 bits per heavy atom. The molecule has 2 aliphatic carbocycles. The first-order valence-electron chi connectivity index (χ1n) is 15.0. The van der Waals surface area contributed by atoms with Gasteiger partial charge in [-0.25, -0.2) is 0 Å². The van der Waals surface area contributed by atoms with Crippen LogP contribution < -0.4 is 20.7 Å². The lowest BCUT2D eigenvalue weighted by atomic mass is 9.82. The predicted molar refractivity (Wildman–Crippen MR) is 147 cm³/mol. The second kappa shape index (κ2) is 11.1. The minimum absolute atomic E-state index is 0.0914. The molecule has 0 radical (unpaired) electrons. The predicted octanol–water partition coefficient (Wildman–Crippen LogP) is 1.97. The molecule has 7 atom stereocenters. The highest BCUT2D eigenvalue weighted by Gasteiger charge is 2.56. The van der Waals surface area contributed by atoms with E-state index in [2.05, 4.69) is 20.9 Å². The molecule has 3 amide bonds. The number of ether oxygens (including phenoxy) is 1. The van der Waals surface area contributed by atoms with Gasteiger partial charge in [0.15, 0.2) is 0 Å². The Morgan fingerprint density at radius 2 is 1.82 bits per heavy atom. The van der Waals surface area contributed by atoms with Gasteiger partial charge in [0.2, 0.25) is 17.7 Å². The third-order valence-corrected chi connectivity index (χ3v) is 9.89. The van der Waals surface area contributed by atoms with E-state index in [4.69, 9.17) is 4.74 Å². The van der Waals surface area contributed by atoms with Crippen molar-refractivity contribution < 1.29 is 19.1 Å². The van der Waals surface area contributed by atoms with E-state index in [9.17, 15) is 14.4 Å². The summed E-state index contributed by atoms with van der Waals surface area (Å²) >= 11 is 0. The first-order chi connectivity index (χ1) is 18.9. The third kappa shape index (κ3) is 5.27. The van der Waals surface area contributed by atoms with Gasteiger partial charge in [-0.1, -0.05) is 37.5 Å². The second-order valence-electron chi connectivity index (χ2n) is 12.3. The van der Waals surface area contributed by atoms with Crippen molar-refractivity contribution in [2.75, 3.05) is 26.7 Å². The summed E-state index contributed by atoms with van der Waals surface area (Å²) in [6, 6.07) is 6.99. The van der Waals surface area contributed by atoms with Gasteiger partial charge in [-0.3, -0.25) is 19.3 Å². The molecule has 5 aliphatic rings. The summed E-state index contributed by atoms with van der Waals surface area (Å²) in [7, 11) is 1.75. The molecule has 4 fully saturated rings. The number of piperazine rings is 1. The summed E-state index contributed by atoms with van der Waals surface area (Å²) in [5, 5.41) is 9.39. The highest BCUT2D eigenvalue weighted by molar-refractivity contribution is 5.93. The number of carbonyl (C=O) groups is 3. The van der Waals surface area contributed by atoms with Crippen LogP contribution in [0, 0.1) is 11.8 Å². The molecular weight excluding hydrogens is 494 g/mol. The minimum Gasteiger partial charge on any atom is -0.493 e. The van der Waals surface area contributed by atoms with E-state index >= 15 is 0 Å². The number of fused-ring (bicyclic) bond motifs is 4. The topological polar surface area (TPSA) is 103 Å². The molecule has 3 heterocycles. The van der Waals surface area contributed by atoms with Gasteiger partial charge in [-0.15, -0.1) is 0 Å². The molecule has 0 aromatic heterocycles. The molecule has 39 heavy (non-hydrogen) atoms. The minimum atomic E-state index is -0.602. The maximum absolute atomic E-state index is 14.4. The molecule has 0 bridgehead atoms. The number of rotatable bonds is 7. The molecule has 2 saturated heterocycles. The van der Waals surface area contributed by atoms with Gasteiger partial charge >= 0.3 is 0 Å². The fraction of sp³-hybridized carbons (Fsp3) is 0.700. The van der Waals surface area contributed by atoms with Crippen molar-refractivity contribution in [1.29, 1.82) is 0 Å². The molecule has 1 unspecified atom stereocenters. The van der Waals surface area contributed by atoms with Crippen LogP contribution in [0.5, 0.6) is 5.75 Å². The number of likely N-dealkylation sites (N-methyl/N-ethyl adjacent to an activating group) is 1. The van der Waals surface area contributed by atoms with E-state index < -0.39 is 18.1 Å². The number of carbonyl (C=O) groups excluding carboxylic acids is 3. The van der Waals surface area contributed by atoms with E-state index in [-0.39, 0.29) is 29.7 Å². The molecule has 2 saturated carbocycles. The Bertz CT molecular complexity index is 1090. The number of benzene rings is 1. The highest BCUT2D eigenvalue weighted by Crippen LogP contribution is 2.49. The van der Waals surface area contributed by atoms with Crippen LogP contribution in [0.3, 0.4) is 0 Å². The largest absolute Gasteiger partial charge is 0.493 e. The number of hydrogen-bond acceptors (Lipinski definition) is 6. The van der Waals surface area contributed by atoms with Gasteiger partial charge in [0, 0.05) is 37.2 Å². The Morgan fingerprint density at radius 3 is 2.62 bits per heavy atom. The SMILES string of the molecule is CN[C@@H](C)C(=O)N[C@H](C(=O)N1C[C@H]2C[C@H]3CC3N2C[C@H]1C(=O)N[C@@H]1CCOc2ccccc21)C1CCCCC1. The van der Waals surface area contributed by atoms with Crippen LogP contribution in [-0.4, -0.2) is 84.5 Å². The maximum Gasteiger partial charge on any atom is 0.246 e. The van der Waals surface area contributed by atoms with E-state index in [0.29, 0.717) is 44.1 Å². The fourth-order valence-corrected chi connectivity index (χ4v) is 7.43. The van der Waals surface area contributed by atoms with Crippen LogP contribution in [0.4, 0.5) is 0 Å². The molecular formula is C30H43N5O4. The average molecular weight is 538 g/mol. The number of amides is 3. The zero-order valence-corrected chi connectivity index (χ0v) is 23.2. The molecule has 3 aliphatic heterocycles. The Balaban J connectivity index is 1.25. The fourth-order valence-electron chi connectivity index (χ4n) is 7.43. The van der Waals surface area contributed by atoms with E-state index in [1.807, 2.05) is 36.1 Å². The lowest BCUT2D eigenvalue weighted by Gasteiger charge is -2.46. The van der Waals surface area contributed by atoms with Gasteiger partial charge in [-0.05, 0) is 57.6 Å². The lowest BCUT2D eigenvalue weighted by molar-refractivity contribution is -0.150. The lowest BCUT2D eigenvalue weighted by Crippen LogP contribution is -2.67. The summed E-state index contributed by atoms with van der Waals surface area (Å²) in [6.45, 7) is 3.47. The highest BCUT2D eigenvalue weighted by atomic mass is 16.5. The summed E-state index contributed by atoms with van der Waals surface area (Å²) < 4.78 is 5.81. The van der Waals surface area contributed by atoms with Crippen LogP contribution in [0.2, 0.25) is 0 Å². The van der Waals surface area contributed by atoms with Crippen LogP contribution in [0.25, 0.3) is 0 Å². The number of nitrogens with zero attached hydrogens (tertiary/aromatic N) is 2. The Kier molecular flexibility index (Phi) is 7.55. The van der Waals surface area contributed by atoms with Gasteiger partial charge in [0.05, 0.1) is 18.7 Å². The van der Waals surface area contributed by atoms with Gasteiger partial charge < -0.3 is 25.6 Å². The smallest absolute Gasteiger partial charge is 0.246 e. The molecule has 9 heteroatoms. The quantitative estimate of drug-likeness (QED) is 0.492. The van der Waals surface area contributed by atoms with Crippen molar-refractivity contribution in [3.63, 3.8) is 0 Å². The first-order valence-corrected chi connectivity index (χ1v) is 15.0. The van der Waals surface area contributed by atoms with Crippen LogP contribution in [0.1, 0.15) is 69.9 Å². The van der Waals surface area contributed by atoms with Crippen molar-refractivity contribution in [3.05, 3.63) is 29.8 Å². The first kappa shape index (κ1) is 26.6.